The molecular weight excluding hydrogens is 306 g/mol. The Kier molecular flexibility index (Phi) is 5.06. The minimum atomic E-state index is 0.0913. The van der Waals surface area contributed by atoms with Crippen LogP contribution in [0.4, 0.5) is 0 Å². The quantitative estimate of drug-likeness (QED) is 0.789. The molecule has 1 saturated carbocycles. The standard InChI is InChI=1S/C18H23N3OS/c1-13(2)15-5-3-4-6-16(15)21-10-9-19-18(21)23-12-17(22)20-11-14-7-8-14/h3-6,9-10,13-14H,7-8,11-12H2,1-2H3,(H,20,22). The highest BCUT2D eigenvalue weighted by Crippen LogP contribution is 2.28. The third kappa shape index (κ3) is 4.16. The van der Waals surface area contributed by atoms with Gasteiger partial charge in [0.05, 0.1) is 11.4 Å². The fourth-order valence-electron chi connectivity index (χ4n) is 2.54. The number of amides is 1. The molecule has 0 bridgehead atoms. The van der Waals surface area contributed by atoms with E-state index in [4.69, 9.17) is 0 Å². The number of thioether (sulfide) groups is 1. The van der Waals surface area contributed by atoms with Crippen LogP contribution in [0.3, 0.4) is 0 Å². The SMILES string of the molecule is CC(C)c1ccccc1-n1ccnc1SCC(=O)NCC1CC1. The van der Waals surface area contributed by atoms with Gasteiger partial charge in [0.25, 0.3) is 0 Å². The Morgan fingerprint density at radius 2 is 2.17 bits per heavy atom. The number of nitrogens with zero attached hydrogens (tertiary/aromatic N) is 2. The monoisotopic (exact) mass is 329 g/mol. The molecule has 0 spiro atoms. The highest BCUT2D eigenvalue weighted by atomic mass is 32.2. The summed E-state index contributed by atoms with van der Waals surface area (Å²) in [6, 6.07) is 8.36. The molecule has 1 aliphatic rings. The van der Waals surface area contributed by atoms with Gasteiger partial charge in [-0.3, -0.25) is 9.36 Å². The van der Waals surface area contributed by atoms with E-state index in [9.17, 15) is 4.79 Å². The van der Waals surface area contributed by atoms with Crippen LogP contribution in [0.5, 0.6) is 0 Å². The Labute approximate surface area is 141 Å². The first-order chi connectivity index (χ1) is 11.1. The van der Waals surface area contributed by atoms with Crippen LogP contribution in [-0.4, -0.2) is 27.8 Å². The Balaban J connectivity index is 1.68. The molecule has 0 atom stereocenters. The van der Waals surface area contributed by atoms with Crippen LogP contribution in [0, 0.1) is 5.92 Å². The van der Waals surface area contributed by atoms with Gasteiger partial charge in [0.2, 0.25) is 5.91 Å². The predicted molar refractivity (Wildman–Crippen MR) is 94.1 cm³/mol. The molecule has 23 heavy (non-hydrogen) atoms. The topological polar surface area (TPSA) is 46.9 Å². The zero-order chi connectivity index (χ0) is 16.2. The molecule has 4 nitrogen and oxygen atoms in total. The van der Waals surface area contributed by atoms with E-state index < -0.39 is 0 Å². The molecule has 0 radical (unpaired) electrons. The molecule has 1 aromatic heterocycles. The normalized spacial score (nSPS) is 14.2. The minimum Gasteiger partial charge on any atom is -0.355 e. The number of imidazole rings is 1. The lowest BCUT2D eigenvalue weighted by Crippen LogP contribution is -2.27. The van der Waals surface area contributed by atoms with E-state index in [1.54, 1.807) is 6.20 Å². The zero-order valence-electron chi connectivity index (χ0n) is 13.7. The second-order valence-electron chi connectivity index (χ2n) is 6.33. The molecule has 2 aromatic rings. The first-order valence-electron chi connectivity index (χ1n) is 8.17. The second kappa shape index (κ2) is 7.21. The van der Waals surface area contributed by atoms with Gasteiger partial charge >= 0.3 is 0 Å². The molecule has 3 rings (SSSR count). The van der Waals surface area contributed by atoms with Gasteiger partial charge in [-0.15, -0.1) is 0 Å². The van der Waals surface area contributed by atoms with Crippen LogP contribution in [0.2, 0.25) is 0 Å². The molecule has 1 aliphatic carbocycles. The van der Waals surface area contributed by atoms with Crippen LogP contribution in [-0.2, 0) is 4.79 Å². The Morgan fingerprint density at radius 3 is 2.91 bits per heavy atom. The number of hydrogen-bond donors (Lipinski definition) is 1. The average molecular weight is 329 g/mol. The lowest BCUT2D eigenvalue weighted by Gasteiger charge is -2.15. The van der Waals surface area contributed by atoms with Crippen molar-refractivity contribution in [2.24, 2.45) is 5.92 Å². The van der Waals surface area contributed by atoms with E-state index in [2.05, 4.69) is 46.9 Å². The number of hydrogen-bond acceptors (Lipinski definition) is 3. The number of aromatic nitrogens is 2. The number of rotatable bonds is 7. The fraction of sp³-hybridized carbons (Fsp3) is 0.444. The molecule has 1 amide bonds. The average Bonchev–Trinajstić information content (AvgIpc) is 3.27. The lowest BCUT2D eigenvalue weighted by atomic mass is 10.0. The van der Waals surface area contributed by atoms with Crippen molar-refractivity contribution in [1.29, 1.82) is 0 Å². The smallest absolute Gasteiger partial charge is 0.230 e. The largest absolute Gasteiger partial charge is 0.355 e. The van der Waals surface area contributed by atoms with E-state index in [-0.39, 0.29) is 5.91 Å². The molecule has 5 heteroatoms. The lowest BCUT2D eigenvalue weighted by molar-refractivity contribution is -0.118. The fourth-order valence-corrected chi connectivity index (χ4v) is 3.33. The van der Waals surface area contributed by atoms with Gasteiger partial charge in [-0.1, -0.05) is 43.8 Å². The summed E-state index contributed by atoms with van der Waals surface area (Å²) in [6.45, 7) is 5.20. The van der Waals surface area contributed by atoms with E-state index in [1.165, 1.54) is 30.2 Å². The van der Waals surface area contributed by atoms with Gasteiger partial charge in [-0.2, -0.15) is 0 Å². The second-order valence-corrected chi connectivity index (χ2v) is 7.27. The van der Waals surface area contributed by atoms with Crippen LogP contribution >= 0.6 is 11.8 Å². The van der Waals surface area contributed by atoms with Crippen LogP contribution in [0.15, 0.2) is 41.8 Å². The molecule has 1 heterocycles. The summed E-state index contributed by atoms with van der Waals surface area (Å²) in [4.78, 5) is 16.3. The van der Waals surface area contributed by atoms with Crippen molar-refractivity contribution in [2.75, 3.05) is 12.3 Å². The van der Waals surface area contributed by atoms with Crippen molar-refractivity contribution in [1.82, 2.24) is 14.9 Å². The summed E-state index contributed by atoms with van der Waals surface area (Å²) in [5, 5.41) is 3.86. The van der Waals surface area contributed by atoms with Crippen molar-refractivity contribution in [3.63, 3.8) is 0 Å². The molecular formula is C18H23N3OS. The maximum absolute atomic E-state index is 11.9. The van der Waals surface area contributed by atoms with Gasteiger partial charge in [0.1, 0.15) is 0 Å². The molecule has 1 N–H and O–H groups in total. The maximum Gasteiger partial charge on any atom is 0.230 e. The van der Waals surface area contributed by atoms with Gasteiger partial charge < -0.3 is 5.32 Å². The Morgan fingerprint density at radius 1 is 1.39 bits per heavy atom. The molecule has 1 fully saturated rings. The van der Waals surface area contributed by atoms with Gasteiger partial charge in [-0.25, -0.2) is 4.98 Å². The van der Waals surface area contributed by atoms with Crippen LogP contribution in [0.1, 0.15) is 38.2 Å². The first-order valence-corrected chi connectivity index (χ1v) is 9.16. The third-order valence-corrected chi connectivity index (χ3v) is 5.01. The van der Waals surface area contributed by atoms with E-state index in [0.717, 1.165) is 17.4 Å². The van der Waals surface area contributed by atoms with Gasteiger partial charge in [-0.05, 0) is 36.3 Å². The summed E-state index contributed by atoms with van der Waals surface area (Å²) in [5.74, 6) is 1.65. The molecule has 0 unspecified atom stereocenters. The number of nitrogens with one attached hydrogen (secondary N) is 1. The Bertz CT molecular complexity index is 676. The van der Waals surface area contributed by atoms with Crippen LogP contribution in [0.25, 0.3) is 5.69 Å². The summed E-state index contributed by atoms with van der Waals surface area (Å²) in [6.07, 6.45) is 6.26. The third-order valence-electron chi connectivity index (χ3n) is 4.04. The van der Waals surface area contributed by atoms with Crippen molar-refractivity contribution in [3.8, 4) is 5.69 Å². The summed E-state index contributed by atoms with van der Waals surface area (Å²) >= 11 is 1.49. The Hall–Kier alpha value is -1.75. The molecule has 0 saturated heterocycles. The summed E-state index contributed by atoms with van der Waals surface area (Å²) < 4.78 is 2.08. The van der Waals surface area contributed by atoms with Crippen molar-refractivity contribution in [3.05, 3.63) is 42.2 Å². The number of benzene rings is 1. The minimum absolute atomic E-state index is 0.0913. The van der Waals surface area contributed by atoms with Gasteiger partial charge in [0, 0.05) is 18.9 Å². The molecule has 122 valence electrons. The van der Waals surface area contributed by atoms with E-state index in [0.29, 0.717) is 17.6 Å². The first kappa shape index (κ1) is 16.1. The zero-order valence-corrected chi connectivity index (χ0v) is 14.5. The number of carbonyl (C=O) groups excluding carboxylic acids is 1. The van der Waals surface area contributed by atoms with Crippen molar-refractivity contribution < 1.29 is 4.79 Å². The van der Waals surface area contributed by atoms with E-state index >= 15 is 0 Å². The summed E-state index contributed by atoms with van der Waals surface area (Å²) in [7, 11) is 0. The number of para-hydroxylation sites is 1. The predicted octanol–water partition coefficient (Wildman–Crippen LogP) is 3.61. The highest BCUT2D eigenvalue weighted by Gasteiger charge is 2.21. The van der Waals surface area contributed by atoms with E-state index in [1.807, 2.05) is 12.3 Å². The van der Waals surface area contributed by atoms with Crippen molar-refractivity contribution in [2.45, 2.75) is 37.8 Å². The van der Waals surface area contributed by atoms with Crippen LogP contribution < -0.4 is 5.32 Å². The summed E-state index contributed by atoms with van der Waals surface area (Å²) in [5.41, 5.74) is 2.42. The molecule has 1 aromatic carbocycles. The number of carbonyl (C=O) groups is 1. The highest BCUT2D eigenvalue weighted by molar-refractivity contribution is 7.99. The maximum atomic E-state index is 11.9. The van der Waals surface area contributed by atoms with Gasteiger partial charge in [0.15, 0.2) is 5.16 Å². The molecule has 0 aliphatic heterocycles. The van der Waals surface area contributed by atoms with Crippen molar-refractivity contribution >= 4 is 17.7 Å².